The molecule has 0 saturated carbocycles. The summed E-state index contributed by atoms with van der Waals surface area (Å²) in [6.07, 6.45) is 0.190. The molecule has 1 amide bonds. The molecule has 1 heterocycles. The molecular weight excluding hydrogens is 523 g/mol. The van der Waals surface area contributed by atoms with Crippen molar-refractivity contribution in [2.75, 3.05) is 6.54 Å². The average Bonchev–Trinajstić information content (AvgIpc) is 2.85. The number of aryl methyl sites for hydroxylation is 1. The van der Waals surface area contributed by atoms with Crippen molar-refractivity contribution < 1.29 is 19.1 Å². The Kier molecular flexibility index (Phi) is 7.79. The fraction of sp³-hybridized carbons (Fsp3) is 0.207. The molecule has 0 bridgehead atoms. The summed E-state index contributed by atoms with van der Waals surface area (Å²) in [5.74, 6) is -1.97. The van der Waals surface area contributed by atoms with Crippen LogP contribution in [0.15, 0.2) is 71.2 Å². The molecule has 1 aromatic heterocycles. The van der Waals surface area contributed by atoms with Gasteiger partial charge < -0.3 is 10.4 Å². The number of amides is 1. The van der Waals surface area contributed by atoms with Gasteiger partial charge in [-0.25, -0.2) is 9.37 Å². The Labute approximate surface area is 217 Å². The quantitative estimate of drug-likeness (QED) is 0.254. The van der Waals surface area contributed by atoms with Gasteiger partial charge in [-0.15, -0.1) is 0 Å². The zero-order valence-electron chi connectivity index (χ0n) is 20.0. The Bertz CT molecular complexity index is 1440. The Balaban J connectivity index is 1.72. The third-order valence-electron chi connectivity index (χ3n) is 6.36. The van der Waals surface area contributed by atoms with Gasteiger partial charge in [0.1, 0.15) is 5.82 Å². The number of nitrogens with one attached hydrogen (secondary N) is 1. The summed E-state index contributed by atoms with van der Waals surface area (Å²) in [5.41, 5.74) is 5.11. The highest BCUT2D eigenvalue weighted by molar-refractivity contribution is 9.10. The minimum Gasteiger partial charge on any atom is -0.481 e. The van der Waals surface area contributed by atoms with Gasteiger partial charge in [-0.3, -0.25) is 9.59 Å². The minimum absolute atomic E-state index is 0.0845. The molecule has 2 N–H and O–H groups in total. The maximum atomic E-state index is 14.0. The molecule has 7 heteroatoms. The summed E-state index contributed by atoms with van der Waals surface area (Å²) in [4.78, 5) is 29.8. The van der Waals surface area contributed by atoms with E-state index in [1.165, 1.54) is 12.1 Å². The highest BCUT2D eigenvalue weighted by atomic mass is 79.9. The highest BCUT2D eigenvalue weighted by Crippen LogP contribution is 2.32. The van der Waals surface area contributed by atoms with E-state index >= 15 is 0 Å². The first-order valence-electron chi connectivity index (χ1n) is 11.7. The predicted molar refractivity (Wildman–Crippen MR) is 143 cm³/mol. The molecule has 0 aliphatic heterocycles. The minimum atomic E-state index is -0.936. The normalized spacial score (nSPS) is 11.9. The summed E-state index contributed by atoms with van der Waals surface area (Å²) in [6, 6.07) is 19.8. The number of carbonyl (C=O) groups is 2. The smallest absolute Gasteiger partial charge is 0.303 e. The van der Waals surface area contributed by atoms with Crippen LogP contribution in [-0.2, 0) is 4.79 Å². The predicted octanol–water partition coefficient (Wildman–Crippen LogP) is 6.80. The van der Waals surface area contributed by atoms with Gasteiger partial charge in [-0.1, -0.05) is 52.3 Å². The first kappa shape index (κ1) is 25.5. The Hall–Kier alpha value is -3.58. The molecule has 1 atom stereocenters. The number of halogens is 2. The van der Waals surface area contributed by atoms with Crippen LogP contribution in [0.5, 0.6) is 0 Å². The van der Waals surface area contributed by atoms with Crippen molar-refractivity contribution in [2.45, 2.75) is 32.6 Å². The van der Waals surface area contributed by atoms with E-state index in [0.717, 1.165) is 26.9 Å². The third kappa shape index (κ3) is 5.62. The van der Waals surface area contributed by atoms with Crippen LogP contribution in [0.25, 0.3) is 22.2 Å². The van der Waals surface area contributed by atoms with Crippen LogP contribution in [-0.4, -0.2) is 28.5 Å². The van der Waals surface area contributed by atoms with Gasteiger partial charge in [0.15, 0.2) is 0 Å². The van der Waals surface area contributed by atoms with Gasteiger partial charge in [0.2, 0.25) is 0 Å². The van der Waals surface area contributed by atoms with E-state index in [9.17, 15) is 19.1 Å². The summed E-state index contributed by atoms with van der Waals surface area (Å²) in [6.45, 7) is 3.91. The molecule has 0 radical (unpaired) electrons. The van der Waals surface area contributed by atoms with Gasteiger partial charge in [0.25, 0.3) is 5.91 Å². The number of fused-ring (bicyclic) bond motifs is 1. The van der Waals surface area contributed by atoms with E-state index in [1.54, 1.807) is 6.07 Å². The van der Waals surface area contributed by atoms with E-state index in [4.69, 9.17) is 4.98 Å². The topological polar surface area (TPSA) is 79.3 Å². The zero-order valence-corrected chi connectivity index (χ0v) is 21.6. The summed E-state index contributed by atoms with van der Waals surface area (Å²) < 4.78 is 14.9. The molecule has 0 unspecified atom stereocenters. The van der Waals surface area contributed by atoms with Crippen LogP contribution < -0.4 is 5.32 Å². The van der Waals surface area contributed by atoms with Gasteiger partial charge in [0.05, 0.1) is 16.8 Å². The third-order valence-corrected chi connectivity index (χ3v) is 6.85. The van der Waals surface area contributed by atoms with Crippen molar-refractivity contribution in [1.82, 2.24) is 10.3 Å². The summed E-state index contributed by atoms with van der Waals surface area (Å²) >= 11 is 3.49. The van der Waals surface area contributed by atoms with Crippen LogP contribution in [0.1, 0.15) is 45.8 Å². The first-order chi connectivity index (χ1) is 17.2. The van der Waals surface area contributed by atoms with Crippen molar-refractivity contribution in [2.24, 2.45) is 0 Å². The van der Waals surface area contributed by atoms with Crippen LogP contribution in [0.3, 0.4) is 0 Å². The lowest BCUT2D eigenvalue weighted by molar-refractivity contribution is -0.137. The molecule has 4 aromatic rings. The number of aromatic nitrogens is 1. The Morgan fingerprint density at radius 2 is 1.81 bits per heavy atom. The van der Waals surface area contributed by atoms with Crippen molar-refractivity contribution in [3.05, 3.63) is 99.3 Å². The molecule has 0 aliphatic carbocycles. The lowest BCUT2D eigenvalue weighted by atomic mass is 9.90. The maximum Gasteiger partial charge on any atom is 0.303 e. The lowest BCUT2D eigenvalue weighted by Gasteiger charge is -2.21. The first-order valence-corrected chi connectivity index (χ1v) is 12.4. The van der Waals surface area contributed by atoms with Crippen LogP contribution in [0, 0.1) is 19.7 Å². The molecule has 5 nitrogen and oxygen atoms in total. The van der Waals surface area contributed by atoms with E-state index in [1.807, 2.05) is 62.4 Å². The Morgan fingerprint density at radius 1 is 1.06 bits per heavy atom. The van der Waals surface area contributed by atoms with Gasteiger partial charge in [-0.05, 0) is 67.3 Å². The molecule has 4 rings (SSSR count). The highest BCUT2D eigenvalue weighted by Gasteiger charge is 2.22. The van der Waals surface area contributed by atoms with Crippen LogP contribution in [0.4, 0.5) is 4.39 Å². The number of aliphatic carboxylic acids is 1. The maximum absolute atomic E-state index is 14.0. The van der Waals surface area contributed by atoms with Gasteiger partial charge in [-0.2, -0.15) is 0 Å². The summed E-state index contributed by atoms with van der Waals surface area (Å²) in [7, 11) is 0. The van der Waals surface area contributed by atoms with E-state index in [2.05, 4.69) is 21.2 Å². The Morgan fingerprint density at radius 3 is 2.53 bits per heavy atom. The molecule has 3 aromatic carbocycles. The second-order valence-corrected chi connectivity index (χ2v) is 9.74. The van der Waals surface area contributed by atoms with E-state index in [0.29, 0.717) is 22.0 Å². The lowest BCUT2D eigenvalue weighted by Crippen LogP contribution is -2.30. The summed E-state index contributed by atoms with van der Waals surface area (Å²) in [5, 5.41) is 12.9. The standard InChI is InChI=1S/C29H26BrFN2O3/c1-17-8-11-22(31)15-23(17)20(9-13-26(34)35)16-32-29(36)27-18(2)28(19-6-4-3-5-7-19)33-25-12-10-21(30)14-24(25)27/h3-8,10-12,14-15,20H,9,13,16H2,1-2H3,(H,32,36)(H,34,35)/t20-/m0/s1. The van der Waals surface area contributed by atoms with E-state index < -0.39 is 11.8 Å². The van der Waals surface area contributed by atoms with Crippen molar-refractivity contribution in [3.63, 3.8) is 0 Å². The van der Waals surface area contributed by atoms with Crippen LogP contribution in [0.2, 0.25) is 0 Å². The number of nitrogens with zero attached hydrogens (tertiary/aromatic N) is 1. The largest absolute Gasteiger partial charge is 0.481 e. The number of pyridine rings is 1. The number of benzene rings is 3. The number of carboxylic acids is 1. The van der Waals surface area contributed by atoms with Gasteiger partial charge in [0, 0.05) is 34.3 Å². The number of hydrogen-bond donors (Lipinski definition) is 2. The fourth-order valence-electron chi connectivity index (χ4n) is 4.52. The second-order valence-electron chi connectivity index (χ2n) is 8.83. The molecule has 0 saturated heterocycles. The van der Waals surface area contributed by atoms with E-state index in [-0.39, 0.29) is 31.2 Å². The van der Waals surface area contributed by atoms with Crippen molar-refractivity contribution in [1.29, 1.82) is 0 Å². The SMILES string of the molecule is Cc1ccc(F)cc1[C@@H](CCC(=O)O)CNC(=O)c1c(C)c(-c2ccccc2)nc2ccc(Br)cc12. The number of hydrogen-bond acceptors (Lipinski definition) is 3. The van der Waals surface area contributed by atoms with Gasteiger partial charge >= 0.3 is 5.97 Å². The second kappa shape index (κ2) is 11.0. The van der Waals surface area contributed by atoms with Crippen molar-refractivity contribution >= 4 is 38.7 Å². The number of carbonyl (C=O) groups excluding carboxylic acids is 1. The average molecular weight is 549 g/mol. The fourth-order valence-corrected chi connectivity index (χ4v) is 4.88. The molecular formula is C29H26BrFN2O3. The molecule has 0 fully saturated rings. The van der Waals surface area contributed by atoms with Crippen LogP contribution >= 0.6 is 15.9 Å². The zero-order chi connectivity index (χ0) is 25.8. The number of rotatable bonds is 8. The molecule has 36 heavy (non-hydrogen) atoms. The van der Waals surface area contributed by atoms with Crippen molar-refractivity contribution in [3.8, 4) is 11.3 Å². The molecule has 0 aliphatic rings. The molecule has 184 valence electrons. The number of carboxylic acid groups (broad SMARTS) is 1. The monoisotopic (exact) mass is 548 g/mol. The molecule has 0 spiro atoms.